The Morgan fingerprint density at radius 3 is 0.767 bits per heavy atom. The van der Waals surface area contributed by atoms with E-state index in [2.05, 4.69) is 20.8 Å². The molecule has 180 valence electrons. The molecule has 0 aliphatic heterocycles. The van der Waals surface area contributed by atoms with Crippen molar-refractivity contribution in [2.75, 3.05) is 0 Å². The zero-order valence-electron chi connectivity index (χ0n) is 20.2. The maximum absolute atomic E-state index is 9.58. The van der Waals surface area contributed by atoms with Crippen LogP contribution in [0.4, 0.5) is 0 Å². The molecule has 0 radical (unpaired) electrons. The number of aliphatic hydroxyl groups is 3. The maximum atomic E-state index is 9.58. The molecule has 0 aromatic heterocycles. The molecule has 3 fully saturated rings. The van der Waals surface area contributed by atoms with Crippen molar-refractivity contribution in [1.29, 1.82) is 0 Å². The van der Waals surface area contributed by atoms with Gasteiger partial charge in [0, 0.05) is 26.2 Å². The summed E-state index contributed by atoms with van der Waals surface area (Å²) < 4.78 is 0. The van der Waals surface area contributed by atoms with Gasteiger partial charge >= 0.3 is 0 Å². The van der Waals surface area contributed by atoms with E-state index in [1.807, 2.05) is 0 Å². The monoisotopic (exact) mass is 522 g/mol. The van der Waals surface area contributed by atoms with Gasteiger partial charge in [-0.2, -0.15) is 0 Å². The van der Waals surface area contributed by atoms with Crippen LogP contribution in [-0.2, 0) is 26.2 Å². The topological polar surface area (TPSA) is 80.9 Å². The molecule has 4 nitrogen and oxygen atoms in total. The Balaban J connectivity index is 0. The first-order valence-electron chi connectivity index (χ1n) is 12.6. The maximum Gasteiger partial charge on any atom is 0.187 e. The second-order valence-electron chi connectivity index (χ2n) is 9.16. The van der Waals surface area contributed by atoms with Crippen molar-refractivity contribution in [2.45, 2.75) is 154 Å². The SMILES string of the molecule is CC[Si](O)(CC)CC.OC1CCCCC1.OC1CCCCC1.OC1CCCCC1.[Zr]. The Morgan fingerprint density at radius 2 is 0.700 bits per heavy atom. The van der Waals surface area contributed by atoms with E-state index >= 15 is 0 Å². The van der Waals surface area contributed by atoms with Gasteiger partial charge in [-0.25, -0.2) is 0 Å². The molecule has 3 saturated carbocycles. The van der Waals surface area contributed by atoms with Gasteiger partial charge in [-0.3, -0.25) is 0 Å². The first-order chi connectivity index (χ1) is 13.9. The van der Waals surface area contributed by atoms with E-state index in [0.717, 1.165) is 56.7 Å². The summed E-state index contributed by atoms with van der Waals surface area (Å²) in [6.45, 7) is 6.25. The Morgan fingerprint density at radius 1 is 0.500 bits per heavy atom. The summed E-state index contributed by atoms with van der Waals surface area (Å²) in [5, 5.41) is 26.7. The molecule has 0 spiro atoms. The molecule has 0 amide bonds. The number of aliphatic hydroxyl groups excluding tert-OH is 3. The average molecular weight is 524 g/mol. The van der Waals surface area contributed by atoms with Crippen LogP contribution in [0, 0.1) is 0 Å². The van der Waals surface area contributed by atoms with Crippen molar-refractivity contribution in [3.8, 4) is 0 Å². The molecule has 0 atom stereocenters. The van der Waals surface area contributed by atoms with Crippen molar-refractivity contribution in [3.05, 3.63) is 0 Å². The van der Waals surface area contributed by atoms with Crippen molar-refractivity contribution < 1.29 is 46.3 Å². The van der Waals surface area contributed by atoms with Gasteiger partial charge in [0.05, 0.1) is 18.3 Å². The van der Waals surface area contributed by atoms with Gasteiger partial charge in [0.2, 0.25) is 0 Å². The third-order valence-electron chi connectivity index (χ3n) is 6.70. The second-order valence-corrected chi connectivity index (χ2v) is 13.7. The van der Waals surface area contributed by atoms with Gasteiger partial charge < -0.3 is 20.1 Å². The van der Waals surface area contributed by atoms with Gasteiger partial charge in [-0.1, -0.05) is 78.6 Å². The molecule has 0 aromatic rings. The van der Waals surface area contributed by atoms with Crippen molar-refractivity contribution in [2.24, 2.45) is 0 Å². The van der Waals surface area contributed by atoms with Crippen LogP contribution in [0.3, 0.4) is 0 Å². The Hall–Kier alpha value is 0.940. The Kier molecular flexibility index (Phi) is 24.0. The molecular formula is C24H52O4SiZr. The normalized spacial score (nSPS) is 20.9. The zero-order chi connectivity index (χ0) is 22.0. The molecule has 6 heteroatoms. The quantitative estimate of drug-likeness (QED) is 0.346. The number of hydrogen-bond acceptors (Lipinski definition) is 4. The van der Waals surface area contributed by atoms with Gasteiger partial charge in [0.15, 0.2) is 8.32 Å². The average Bonchev–Trinajstić information content (AvgIpc) is 2.76. The van der Waals surface area contributed by atoms with Crippen LogP contribution >= 0.6 is 0 Å². The van der Waals surface area contributed by atoms with Crippen molar-refractivity contribution in [1.82, 2.24) is 0 Å². The van der Waals surface area contributed by atoms with Gasteiger partial charge in [0.1, 0.15) is 0 Å². The van der Waals surface area contributed by atoms with Crippen LogP contribution in [0.1, 0.15) is 117 Å². The largest absolute Gasteiger partial charge is 0.432 e. The third-order valence-corrected chi connectivity index (χ3v) is 10.6. The summed E-state index contributed by atoms with van der Waals surface area (Å²) in [4.78, 5) is 9.58. The standard InChI is InChI=1S/C6H16OSi.3C6H12O.Zr/c1-4-8(7,5-2)6-3;3*7-6-4-2-1-3-5-6;/h7H,4-6H2,1-3H3;3*6-7H,1-5H2;. The van der Waals surface area contributed by atoms with E-state index in [-0.39, 0.29) is 44.5 Å². The van der Waals surface area contributed by atoms with Gasteiger partial charge in [0.25, 0.3) is 0 Å². The molecule has 30 heavy (non-hydrogen) atoms. The smallest absolute Gasteiger partial charge is 0.187 e. The van der Waals surface area contributed by atoms with E-state index < -0.39 is 8.32 Å². The minimum Gasteiger partial charge on any atom is -0.432 e. The summed E-state index contributed by atoms with van der Waals surface area (Å²) in [6.07, 6.45) is 17.8. The summed E-state index contributed by atoms with van der Waals surface area (Å²) >= 11 is 0. The number of hydrogen-bond donors (Lipinski definition) is 4. The molecule has 3 aliphatic carbocycles. The third kappa shape index (κ3) is 19.6. The van der Waals surface area contributed by atoms with Crippen LogP contribution in [0.25, 0.3) is 0 Å². The van der Waals surface area contributed by atoms with Crippen LogP contribution < -0.4 is 0 Å². The van der Waals surface area contributed by atoms with Crippen LogP contribution in [-0.4, -0.2) is 46.7 Å². The molecule has 0 heterocycles. The fourth-order valence-corrected chi connectivity index (χ4v) is 5.49. The van der Waals surface area contributed by atoms with Crippen LogP contribution in [0.15, 0.2) is 0 Å². The molecule has 0 aromatic carbocycles. The van der Waals surface area contributed by atoms with E-state index in [9.17, 15) is 4.80 Å². The summed E-state index contributed by atoms with van der Waals surface area (Å²) in [5.41, 5.74) is 0. The van der Waals surface area contributed by atoms with E-state index in [0.29, 0.717) is 0 Å². The molecule has 0 bridgehead atoms. The molecular weight excluding hydrogens is 472 g/mol. The summed E-state index contributed by atoms with van der Waals surface area (Å²) in [7, 11) is -1.67. The molecule has 0 unspecified atom stereocenters. The minimum atomic E-state index is -1.67. The predicted octanol–water partition coefficient (Wildman–Crippen LogP) is 5.92. The summed E-state index contributed by atoms with van der Waals surface area (Å²) in [6, 6.07) is 3.04. The molecule has 3 rings (SSSR count). The first-order valence-corrected chi connectivity index (χ1v) is 15.2. The van der Waals surface area contributed by atoms with Crippen LogP contribution in [0.2, 0.25) is 18.1 Å². The zero-order valence-corrected chi connectivity index (χ0v) is 23.7. The van der Waals surface area contributed by atoms with Gasteiger partial charge in [-0.05, 0) is 56.7 Å². The molecule has 0 saturated heterocycles. The predicted molar refractivity (Wildman–Crippen MR) is 127 cm³/mol. The van der Waals surface area contributed by atoms with Crippen molar-refractivity contribution >= 4 is 8.32 Å². The summed E-state index contributed by atoms with van der Waals surface area (Å²) in [5.74, 6) is 0. The van der Waals surface area contributed by atoms with E-state index in [4.69, 9.17) is 15.3 Å². The first kappa shape index (κ1) is 33.1. The second kappa shape index (κ2) is 21.8. The molecule has 3 aliphatic rings. The van der Waals surface area contributed by atoms with Crippen molar-refractivity contribution in [3.63, 3.8) is 0 Å². The fourth-order valence-electron chi connectivity index (χ4n) is 3.99. The minimum absolute atomic E-state index is 0. The Labute approximate surface area is 207 Å². The van der Waals surface area contributed by atoms with Crippen LogP contribution in [0.5, 0.6) is 0 Å². The fraction of sp³-hybridized carbons (Fsp3) is 1.00. The van der Waals surface area contributed by atoms with Gasteiger partial charge in [-0.15, -0.1) is 0 Å². The van der Waals surface area contributed by atoms with E-state index in [1.165, 1.54) is 57.8 Å². The Bertz CT molecular complexity index is 292. The molecule has 4 N–H and O–H groups in total. The number of rotatable bonds is 3. The van der Waals surface area contributed by atoms with E-state index in [1.54, 1.807) is 0 Å².